The molecule has 3 heterocycles. The number of piperidine rings is 2. The minimum Gasteiger partial charge on any atom is -0.342 e. The third-order valence-corrected chi connectivity index (χ3v) is 4.82. The Hall–Kier alpha value is -1.86. The van der Waals surface area contributed by atoms with E-state index in [-0.39, 0.29) is 37.8 Å². The van der Waals surface area contributed by atoms with Crippen LogP contribution in [0.25, 0.3) is 0 Å². The molecule has 1 amide bonds. The highest BCUT2D eigenvalue weighted by Gasteiger charge is 2.36. The number of rotatable bonds is 3. The number of hydrogen-bond acceptors (Lipinski definition) is 4. The van der Waals surface area contributed by atoms with Crippen molar-refractivity contribution in [2.24, 2.45) is 5.92 Å². The summed E-state index contributed by atoms with van der Waals surface area (Å²) in [5.74, 6) is -2.37. The Morgan fingerprint density at radius 2 is 1.71 bits per heavy atom. The topological polar surface area (TPSA) is 49.3 Å². The van der Waals surface area contributed by atoms with E-state index >= 15 is 0 Å². The van der Waals surface area contributed by atoms with Crippen molar-refractivity contribution in [3.63, 3.8) is 0 Å². The van der Waals surface area contributed by atoms with E-state index < -0.39 is 11.7 Å². The van der Waals surface area contributed by atoms with Gasteiger partial charge in [0.15, 0.2) is 5.82 Å². The molecule has 0 N–H and O–H groups in total. The van der Waals surface area contributed by atoms with Gasteiger partial charge in [0.2, 0.25) is 11.9 Å². The van der Waals surface area contributed by atoms with E-state index in [4.69, 9.17) is 0 Å². The van der Waals surface area contributed by atoms with Crippen molar-refractivity contribution in [3.8, 4) is 0 Å². The lowest BCUT2D eigenvalue weighted by Gasteiger charge is -2.35. The summed E-state index contributed by atoms with van der Waals surface area (Å²) in [7, 11) is 0. The fourth-order valence-corrected chi connectivity index (χ4v) is 3.27. The Morgan fingerprint density at radius 3 is 2.29 bits per heavy atom. The zero-order chi connectivity index (χ0) is 17.2. The summed E-state index contributed by atoms with van der Waals surface area (Å²) in [4.78, 5) is 23.7. The minimum atomic E-state index is -2.63. The van der Waals surface area contributed by atoms with Crippen LogP contribution in [0.15, 0.2) is 12.4 Å². The summed E-state index contributed by atoms with van der Waals surface area (Å²) in [5.41, 5.74) is 0. The van der Waals surface area contributed by atoms with Gasteiger partial charge in [-0.1, -0.05) is 0 Å². The van der Waals surface area contributed by atoms with Gasteiger partial charge < -0.3 is 9.80 Å². The van der Waals surface area contributed by atoms with E-state index in [0.29, 0.717) is 25.5 Å². The molecule has 0 bridgehead atoms. The Kier molecular flexibility index (Phi) is 4.91. The van der Waals surface area contributed by atoms with Crippen LogP contribution in [0.4, 0.5) is 19.1 Å². The smallest absolute Gasteiger partial charge is 0.251 e. The van der Waals surface area contributed by atoms with Crippen molar-refractivity contribution in [2.45, 2.75) is 38.0 Å². The standard InChI is InChI=1S/C16H21F3N4O/c17-13-10-20-15(21-11-13)23-5-1-12(2-6-23)9-14(24)22-7-3-16(18,19)4-8-22/h10-12H,1-9H2. The van der Waals surface area contributed by atoms with Crippen LogP contribution in [0.5, 0.6) is 0 Å². The van der Waals surface area contributed by atoms with Gasteiger partial charge >= 0.3 is 0 Å². The Labute approximate surface area is 138 Å². The fraction of sp³-hybridized carbons (Fsp3) is 0.688. The number of hydrogen-bond donors (Lipinski definition) is 0. The highest BCUT2D eigenvalue weighted by molar-refractivity contribution is 5.76. The maximum Gasteiger partial charge on any atom is 0.251 e. The van der Waals surface area contributed by atoms with Crippen molar-refractivity contribution in [3.05, 3.63) is 18.2 Å². The number of likely N-dealkylation sites (tertiary alicyclic amines) is 1. The van der Waals surface area contributed by atoms with Crippen molar-refractivity contribution >= 4 is 11.9 Å². The molecule has 0 spiro atoms. The van der Waals surface area contributed by atoms with Gasteiger partial charge in [-0.25, -0.2) is 23.1 Å². The summed E-state index contributed by atoms with van der Waals surface area (Å²) in [5, 5.41) is 0. The molecule has 2 saturated heterocycles. The summed E-state index contributed by atoms with van der Waals surface area (Å²) in [6.45, 7) is 1.71. The van der Waals surface area contributed by atoms with E-state index in [1.165, 1.54) is 0 Å². The van der Waals surface area contributed by atoms with Gasteiger partial charge in [-0.05, 0) is 18.8 Å². The van der Waals surface area contributed by atoms with Crippen LogP contribution in [0.3, 0.4) is 0 Å². The van der Waals surface area contributed by atoms with Gasteiger partial charge in [-0.2, -0.15) is 0 Å². The van der Waals surface area contributed by atoms with Crippen LogP contribution in [0.2, 0.25) is 0 Å². The zero-order valence-electron chi connectivity index (χ0n) is 13.4. The molecule has 0 aromatic carbocycles. The first-order valence-electron chi connectivity index (χ1n) is 8.31. The average molecular weight is 342 g/mol. The third-order valence-electron chi connectivity index (χ3n) is 4.82. The lowest BCUT2D eigenvalue weighted by Crippen LogP contribution is -2.44. The van der Waals surface area contributed by atoms with Gasteiger partial charge in [0.25, 0.3) is 5.92 Å². The quantitative estimate of drug-likeness (QED) is 0.847. The lowest BCUT2D eigenvalue weighted by molar-refractivity contribution is -0.138. The molecule has 0 radical (unpaired) electrons. The van der Waals surface area contributed by atoms with Crippen LogP contribution in [-0.4, -0.2) is 52.9 Å². The molecular weight excluding hydrogens is 321 g/mol. The summed E-state index contributed by atoms with van der Waals surface area (Å²) >= 11 is 0. The molecule has 0 atom stereocenters. The molecule has 5 nitrogen and oxygen atoms in total. The maximum atomic E-state index is 13.2. The van der Waals surface area contributed by atoms with Crippen molar-refractivity contribution < 1.29 is 18.0 Å². The molecule has 1 aromatic rings. The number of aromatic nitrogens is 2. The van der Waals surface area contributed by atoms with Crippen molar-refractivity contribution in [2.75, 3.05) is 31.1 Å². The Balaban J connectivity index is 1.45. The fourth-order valence-electron chi connectivity index (χ4n) is 3.27. The summed E-state index contributed by atoms with van der Waals surface area (Å²) in [6, 6.07) is 0. The van der Waals surface area contributed by atoms with Crippen LogP contribution >= 0.6 is 0 Å². The van der Waals surface area contributed by atoms with Crippen molar-refractivity contribution in [1.82, 2.24) is 14.9 Å². The second-order valence-corrected chi connectivity index (χ2v) is 6.57. The molecule has 24 heavy (non-hydrogen) atoms. The van der Waals surface area contributed by atoms with Crippen LogP contribution in [-0.2, 0) is 4.79 Å². The minimum absolute atomic E-state index is 0.0259. The van der Waals surface area contributed by atoms with E-state index in [1.54, 1.807) is 4.90 Å². The third kappa shape index (κ3) is 4.15. The molecule has 0 unspecified atom stereocenters. The van der Waals surface area contributed by atoms with Gasteiger partial charge in [0.1, 0.15) is 0 Å². The van der Waals surface area contributed by atoms with E-state index in [2.05, 4.69) is 9.97 Å². The Morgan fingerprint density at radius 1 is 1.12 bits per heavy atom. The van der Waals surface area contributed by atoms with Gasteiger partial charge in [0, 0.05) is 45.4 Å². The lowest BCUT2D eigenvalue weighted by atomic mass is 9.92. The van der Waals surface area contributed by atoms with E-state index in [1.807, 2.05) is 4.90 Å². The molecule has 8 heteroatoms. The maximum absolute atomic E-state index is 13.2. The number of alkyl halides is 2. The predicted molar refractivity (Wildman–Crippen MR) is 82.3 cm³/mol. The SMILES string of the molecule is O=C(CC1CCN(c2ncc(F)cn2)CC1)N1CCC(F)(F)CC1. The predicted octanol–water partition coefficient (Wildman–Crippen LogP) is 2.48. The molecule has 0 aliphatic carbocycles. The average Bonchev–Trinajstić information content (AvgIpc) is 2.56. The first-order chi connectivity index (χ1) is 11.4. The number of carbonyl (C=O) groups excluding carboxylic acids is 1. The largest absolute Gasteiger partial charge is 0.342 e. The van der Waals surface area contributed by atoms with Crippen LogP contribution < -0.4 is 4.90 Å². The normalized spacial score (nSPS) is 21.8. The molecule has 2 fully saturated rings. The molecular formula is C16H21F3N4O. The van der Waals surface area contributed by atoms with Crippen LogP contribution in [0, 0.1) is 11.7 Å². The van der Waals surface area contributed by atoms with Gasteiger partial charge in [-0.3, -0.25) is 4.79 Å². The van der Waals surface area contributed by atoms with E-state index in [9.17, 15) is 18.0 Å². The van der Waals surface area contributed by atoms with Gasteiger partial charge in [-0.15, -0.1) is 0 Å². The number of amides is 1. The highest BCUT2D eigenvalue weighted by atomic mass is 19.3. The summed E-state index contributed by atoms with van der Waals surface area (Å²) < 4.78 is 39.2. The number of anilines is 1. The number of halogens is 3. The second kappa shape index (κ2) is 6.94. The van der Waals surface area contributed by atoms with Crippen molar-refractivity contribution in [1.29, 1.82) is 0 Å². The Bertz CT molecular complexity index is 563. The molecule has 132 valence electrons. The number of nitrogens with zero attached hydrogens (tertiary/aromatic N) is 4. The molecule has 2 aliphatic heterocycles. The zero-order valence-corrected chi connectivity index (χ0v) is 13.4. The second-order valence-electron chi connectivity index (χ2n) is 6.57. The van der Waals surface area contributed by atoms with E-state index in [0.717, 1.165) is 25.2 Å². The first-order valence-corrected chi connectivity index (χ1v) is 8.31. The number of carbonyl (C=O) groups is 1. The summed E-state index contributed by atoms with van der Waals surface area (Å²) in [6.07, 6.45) is 3.85. The molecule has 1 aromatic heterocycles. The first kappa shape index (κ1) is 17.0. The van der Waals surface area contributed by atoms with Gasteiger partial charge in [0.05, 0.1) is 12.4 Å². The monoisotopic (exact) mass is 342 g/mol. The molecule has 0 saturated carbocycles. The molecule has 2 aliphatic rings. The molecule has 3 rings (SSSR count). The van der Waals surface area contributed by atoms with Crippen LogP contribution in [0.1, 0.15) is 32.1 Å². The highest BCUT2D eigenvalue weighted by Crippen LogP contribution is 2.29.